The van der Waals surface area contributed by atoms with Gasteiger partial charge in [0.15, 0.2) is 17.5 Å². The summed E-state index contributed by atoms with van der Waals surface area (Å²) < 4.78 is 55.2. The molecule has 158 valence electrons. The molecular weight excluding hydrogens is 438 g/mol. The first-order valence-corrected chi connectivity index (χ1v) is 10.9. The Morgan fingerprint density at radius 3 is 2.43 bits per heavy atom. The van der Waals surface area contributed by atoms with Gasteiger partial charge in [-0.1, -0.05) is 23.7 Å². The molecule has 8 nitrogen and oxygen atoms in total. The topological polar surface area (TPSA) is 84.2 Å². The molecule has 1 fully saturated rings. The number of nitrogens with zero attached hydrogens (tertiary/aromatic N) is 6. The van der Waals surface area contributed by atoms with Crippen LogP contribution in [0.25, 0.3) is 5.69 Å². The molecule has 2 heterocycles. The van der Waals surface area contributed by atoms with Crippen LogP contribution in [0.1, 0.15) is 5.82 Å². The van der Waals surface area contributed by atoms with E-state index in [9.17, 15) is 17.2 Å². The van der Waals surface area contributed by atoms with E-state index in [2.05, 4.69) is 15.5 Å². The zero-order valence-electron chi connectivity index (χ0n) is 15.6. The van der Waals surface area contributed by atoms with Crippen LogP contribution in [-0.2, 0) is 16.6 Å². The van der Waals surface area contributed by atoms with E-state index in [1.165, 1.54) is 21.1 Å². The van der Waals surface area contributed by atoms with Crippen molar-refractivity contribution in [1.29, 1.82) is 0 Å². The standard InChI is InChI=1S/C18H17ClF2N6O2S/c19-14-3-1-2-4-17(14)30(28,29)26-9-7-25(8-10-26)12-18-22-23-24-27(18)13-5-6-15(20)16(21)11-13/h1-6,11H,7-10,12H2. The highest BCUT2D eigenvalue weighted by Gasteiger charge is 2.30. The van der Waals surface area contributed by atoms with Crippen LogP contribution in [0.2, 0.25) is 5.02 Å². The molecule has 4 rings (SSSR count). The predicted octanol–water partition coefficient (Wildman–Crippen LogP) is 2.10. The average molecular weight is 455 g/mol. The van der Waals surface area contributed by atoms with Crippen molar-refractivity contribution in [2.24, 2.45) is 0 Å². The first kappa shape index (κ1) is 20.8. The second kappa shape index (κ2) is 8.34. The Labute approximate surface area is 176 Å². The third kappa shape index (κ3) is 4.06. The Bertz CT molecular complexity index is 1160. The van der Waals surface area contributed by atoms with Gasteiger partial charge in [0.05, 0.1) is 17.3 Å². The van der Waals surface area contributed by atoms with Crippen molar-refractivity contribution in [3.63, 3.8) is 0 Å². The normalized spacial score (nSPS) is 16.1. The van der Waals surface area contributed by atoms with Crippen LogP contribution in [0.4, 0.5) is 8.78 Å². The van der Waals surface area contributed by atoms with E-state index >= 15 is 0 Å². The van der Waals surface area contributed by atoms with Gasteiger partial charge in [0.25, 0.3) is 0 Å². The average Bonchev–Trinajstić information content (AvgIpc) is 3.19. The summed E-state index contributed by atoms with van der Waals surface area (Å²) in [6.45, 7) is 1.79. The number of benzene rings is 2. The molecule has 30 heavy (non-hydrogen) atoms. The van der Waals surface area contributed by atoms with Gasteiger partial charge in [-0.05, 0) is 34.7 Å². The second-order valence-electron chi connectivity index (χ2n) is 6.72. The van der Waals surface area contributed by atoms with Crippen molar-refractivity contribution in [1.82, 2.24) is 29.4 Å². The summed E-state index contributed by atoms with van der Waals surface area (Å²) in [5.74, 6) is -1.51. The fraction of sp³-hybridized carbons (Fsp3) is 0.278. The maximum Gasteiger partial charge on any atom is 0.244 e. The number of piperazine rings is 1. The summed E-state index contributed by atoms with van der Waals surface area (Å²) in [6, 6.07) is 9.75. The lowest BCUT2D eigenvalue weighted by molar-refractivity contribution is 0.177. The van der Waals surface area contributed by atoms with E-state index in [1.54, 1.807) is 18.2 Å². The van der Waals surface area contributed by atoms with Crippen LogP contribution in [0.15, 0.2) is 47.4 Å². The molecule has 1 aromatic heterocycles. The molecule has 2 aromatic carbocycles. The zero-order valence-corrected chi connectivity index (χ0v) is 17.2. The summed E-state index contributed by atoms with van der Waals surface area (Å²) >= 11 is 6.06. The fourth-order valence-electron chi connectivity index (χ4n) is 3.24. The summed E-state index contributed by atoms with van der Waals surface area (Å²) in [5.41, 5.74) is 0.300. The van der Waals surface area contributed by atoms with Crippen molar-refractivity contribution in [3.05, 3.63) is 64.9 Å². The maximum atomic E-state index is 13.5. The molecule has 0 amide bonds. The number of hydrogen-bond acceptors (Lipinski definition) is 6. The van der Waals surface area contributed by atoms with E-state index in [-0.39, 0.29) is 23.0 Å². The van der Waals surface area contributed by atoms with E-state index in [1.807, 2.05) is 4.90 Å². The lowest BCUT2D eigenvalue weighted by Crippen LogP contribution is -2.48. The smallest absolute Gasteiger partial charge is 0.244 e. The Morgan fingerprint density at radius 2 is 1.73 bits per heavy atom. The first-order chi connectivity index (χ1) is 14.4. The molecule has 3 aromatic rings. The predicted molar refractivity (Wildman–Crippen MR) is 105 cm³/mol. The van der Waals surface area contributed by atoms with Gasteiger partial charge in [-0.25, -0.2) is 17.2 Å². The highest BCUT2D eigenvalue weighted by atomic mass is 35.5. The highest BCUT2D eigenvalue weighted by molar-refractivity contribution is 7.89. The van der Waals surface area contributed by atoms with Gasteiger partial charge in [-0.15, -0.1) is 5.10 Å². The van der Waals surface area contributed by atoms with E-state index in [4.69, 9.17) is 11.6 Å². The zero-order chi connectivity index (χ0) is 21.3. The lowest BCUT2D eigenvalue weighted by atomic mass is 10.3. The lowest BCUT2D eigenvalue weighted by Gasteiger charge is -2.33. The molecule has 0 saturated carbocycles. The molecular formula is C18H17ClF2N6O2S. The second-order valence-corrected chi connectivity index (χ2v) is 9.03. The number of hydrogen-bond donors (Lipinski definition) is 0. The fourth-order valence-corrected chi connectivity index (χ4v) is 5.16. The maximum absolute atomic E-state index is 13.5. The van der Waals surface area contributed by atoms with Crippen LogP contribution in [-0.4, -0.2) is 64.0 Å². The van der Waals surface area contributed by atoms with Crippen molar-refractivity contribution in [3.8, 4) is 5.69 Å². The Kier molecular flexibility index (Phi) is 5.78. The van der Waals surface area contributed by atoms with Crippen LogP contribution in [0.3, 0.4) is 0 Å². The third-order valence-corrected chi connectivity index (χ3v) is 7.23. The van der Waals surface area contributed by atoms with Crippen molar-refractivity contribution < 1.29 is 17.2 Å². The van der Waals surface area contributed by atoms with Crippen LogP contribution in [0.5, 0.6) is 0 Å². The van der Waals surface area contributed by atoms with Crippen LogP contribution < -0.4 is 0 Å². The minimum atomic E-state index is -3.69. The summed E-state index contributed by atoms with van der Waals surface area (Å²) in [6.07, 6.45) is 0. The van der Waals surface area contributed by atoms with E-state index in [0.29, 0.717) is 31.1 Å². The van der Waals surface area contributed by atoms with E-state index in [0.717, 1.165) is 12.1 Å². The third-order valence-electron chi connectivity index (χ3n) is 4.83. The van der Waals surface area contributed by atoms with Gasteiger partial charge in [-0.3, -0.25) is 4.90 Å². The Morgan fingerprint density at radius 1 is 1.00 bits per heavy atom. The van der Waals surface area contributed by atoms with Crippen LogP contribution in [0, 0.1) is 11.6 Å². The van der Waals surface area contributed by atoms with Gasteiger partial charge in [0, 0.05) is 32.2 Å². The van der Waals surface area contributed by atoms with Gasteiger partial charge >= 0.3 is 0 Å². The first-order valence-electron chi connectivity index (χ1n) is 9.06. The monoisotopic (exact) mass is 454 g/mol. The summed E-state index contributed by atoms with van der Waals surface area (Å²) in [4.78, 5) is 2.07. The van der Waals surface area contributed by atoms with E-state index < -0.39 is 21.7 Å². The van der Waals surface area contributed by atoms with Gasteiger partial charge in [0.2, 0.25) is 10.0 Å². The summed E-state index contributed by atoms with van der Waals surface area (Å²) in [5, 5.41) is 11.6. The van der Waals surface area contributed by atoms with Gasteiger partial charge in [-0.2, -0.15) is 8.99 Å². The number of halogens is 3. The number of sulfonamides is 1. The highest BCUT2D eigenvalue weighted by Crippen LogP contribution is 2.25. The number of tetrazole rings is 1. The number of aromatic nitrogens is 4. The molecule has 1 saturated heterocycles. The minimum absolute atomic E-state index is 0.0856. The van der Waals surface area contributed by atoms with Crippen LogP contribution >= 0.6 is 11.6 Å². The molecule has 0 bridgehead atoms. The molecule has 0 N–H and O–H groups in total. The summed E-state index contributed by atoms with van der Waals surface area (Å²) in [7, 11) is -3.69. The molecule has 0 unspecified atom stereocenters. The molecule has 0 spiro atoms. The molecule has 12 heteroatoms. The molecule has 1 aliphatic rings. The van der Waals surface area contributed by atoms with Crippen molar-refractivity contribution in [2.75, 3.05) is 26.2 Å². The SMILES string of the molecule is O=S(=O)(c1ccccc1Cl)N1CCN(Cc2nnnn2-c2ccc(F)c(F)c2)CC1. The molecule has 1 aliphatic heterocycles. The molecule has 0 aliphatic carbocycles. The van der Waals surface area contributed by atoms with Crippen molar-refractivity contribution >= 4 is 21.6 Å². The Hall–Kier alpha value is -2.47. The quantitative estimate of drug-likeness (QED) is 0.587. The largest absolute Gasteiger partial charge is 0.293 e. The van der Waals surface area contributed by atoms with Crippen molar-refractivity contribution in [2.45, 2.75) is 11.4 Å². The molecule has 0 atom stereocenters. The minimum Gasteiger partial charge on any atom is -0.293 e. The number of rotatable bonds is 5. The van der Waals surface area contributed by atoms with Gasteiger partial charge < -0.3 is 0 Å². The van der Waals surface area contributed by atoms with Gasteiger partial charge in [0.1, 0.15) is 4.90 Å². The Balaban J connectivity index is 1.45. The molecule has 0 radical (unpaired) electrons.